The quantitative estimate of drug-likeness (QED) is 0.498. The van der Waals surface area contributed by atoms with Crippen molar-refractivity contribution in [2.45, 2.75) is 44.5 Å². The van der Waals surface area contributed by atoms with Crippen LogP contribution in [0.15, 0.2) is 11.4 Å². The Bertz CT molecular complexity index is 1110. The zero-order chi connectivity index (χ0) is 22.4. The largest absolute Gasteiger partial charge is 0.444 e. The van der Waals surface area contributed by atoms with Crippen LogP contribution in [-0.2, 0) is 14.6 Å². The Morgan fingerprint density at radius 2 is 1.97 bits per heavy atom. The number of carbonyl (C=O) groups is 1. The second kappa shape index (κ2) is 7.77. The minimum atomic E-state index is -3.81. The summed E-state index contributed by atoms with van der Waals surface area (Å²) in [5, 5.41) is -0.677. The second-order valence-corrected chi connectivity index (χ2v) is 10.5. The van der Waals surface area contributed by atoms with Gasteiger partial charge in [0.1, 0.15) is 16.9 Å². The van der Waals surface area contributed by atoms with Crippen LogP contribution in [0, 0.1) is 5.82 Å². The average Bonchev–Trinajstić information content (AvgIpc) is 2.62. The van der Waals surface area contributed by atoms with Crippen molar-refractivity contribution in [3.63, 3.8) is 0 Å². The molecule has 0 aliphatic carbocycles. The van der Waals surface area contributed by atoms with Crippen molar-refractivity contribution in [2.75, 3.05) is 30.8 Å². The molecule has 0 spiro atoms. The van der Waals surface area contributed by atoms with E-state index in [2.05, 4.69) is 15.0 Å². The lowest BCUT2D eigenvalue weighted by Gasteiger charge is -2.41. The Balaban J connectivity index is 2.01. The van der Waals surface area contributed by atoms with E-state index in [1.807, 2.05) is 6.92 Å². The number of piperazine rings is 1. The summed E-state index contributed by atoms with van der Waals surface area (Å²) in [6.07, 6.45) is 1.83. The van der Waals surface area contributed by atoms with Gasteiger partial charge in [-0.1, -0.05) is 11.6 Å². The normalized spacial score (nSPS) is 18.0. The van der Waals surface area contributed by atoms with E-state index in [0.29, 0.717) is 19.6 Å². The van der Waals surface area contributed by atoms with Gasteiger partial charge in [-0.25, -0.2) is 32.6 Å². The molecule has 1 atom stereocenters. The third-order valence-corrected chi connectivity index (χ3v) is 5.59. The van der Waals surface area contributed by atoms with Gasteiger partial charge in [0.2, 0.25) is 15.0 Å². The van der Waals surface area contributed by atoms with E-state index in [4.69, 9.17) is 16.3 Å². The summed E-state index contributed by atoms with van der Waals surface area (Å²) in [5.74, 6) is -0.692. The topological polar surface area (TPSA) is 106 Å². The van der Waals surface area contributed by atoms with Gasteiger partial charge in [0.15, 0.2) is 11.0 Å². The third-order valence-electron chi connectivity index (χ3n) is 4.48. The Labute approximate surface area is 179 Å². The third kappa shape index (κ3) is 4.56. The standard InChI is InChI=1S/C18H23ClFN5O4S/c1-10-9-24(17(26)29-18(2,3)4)6-7-25(10)15-11-8-21-14(19)12(20)13(11)22-16(23-15)30(5,27)28/h8,10H,6-7,9H2,1-5H3/t10-/m0/s1. The van der Waals surface area contributed by atoms with Crippen LogP contribution >= 0.6 is 11.6 Å². The fourth-order valence-corrected chi connectivity index (χ4v) is 3.80. The van der Waals surface area contributed by atoms with E-state index in [-0.39, 0.29) is 22.8 Å². The predicted molar refractivity (Wildman–Crippen MR) is 110 cm³/mol. The first-order valence-electron chi connectivity index (χ1n) is 9.24. The highest BCUT2D eigenvalue weighted by Gasteiger charge is 2.32. The van der Waals surface area contributed by atoms with Gasteiger partial charge in [-0.05, 0) is 27.7 Å². The van der Waals surface area contributed by atoms with E-state index in [1.54, 1.807) is 30.6 Å². The molecule has 164 valence electrons. The van der Waals surface area contributed by atoms with Gasteiger partial charge >= 0.3 is 6.09 Å². The predicted octanol–water partition coefficient (Wildman–Crippen LogP) is 2.67. The van der Waals surface area contributed by atoms with Crippen LogP contribution in [0.1, 0.15) is 27.7 Å². The second-order valence-electron chi connectivity index (χ2n) is 8.20. The molecule has 12 heteroatoms. The highest BCUT2D eigenvalue weighted by molar-refractivity contribution is 7.90. The summed E-state index contributed by atoms with van der Waals surface area (Å²) in [4.78, 5) is 27.6. The molecule has 0 saturated carbocycles. The lowest BCUT2D eigenvalue weighted by Crippen LogP contribution is -2.55. The zero-order valence-corrected chi connectivity index (χ0v) is 18.9. The maximum atomic E-state index is 14.6. The molecule has 3 rings (SSSR count). The molecule has 1 fully saturated rings. The number of nitrogens with zero attached hydrogens (tertiary/aromatic N) is 5. The van der Waals surface area contributed by atoms with E-state index < -0.39 is 37.7 Å². The number of pyridine rings is 1. The van der Waals surface area contributed by atoms with Gasteiger partial charge in [0.25, 0.3) is 0 Å². The highest BCUT2D eigenvalue weighted by Crippen LogP contribution is 2.31. The molecule has 1 amide bonds. The molecular weight excluding hydrogens is 437 g/mol. The first-order valence-corrected chi connectivity index (χ1v) is 11.5. The van der Waals surface area contributed by atoms with Gasteiger partial charge in [0.05, 0.1) is 5.39 Å². The Kier molecular flexibility index (Phi) is 5.80. The van der Waals surface area contributed by atoms with Crippen LogP contribution in [-0.4, -0.2) is 71.9 Å². The van der Waals surface area contributed by atoms with Crippen molar-refractivity contribution >= 4 is 44.3 Å². The van der Waals surface area contributed by atoms with Crippen LogP contribution in [0.3, 0.4) is 0 Å². The minimum absolute atomic E-state index is 0.220. The van der Waals surface area contributed by atoms with Crippen molar-refractivity contribution in [2.24, 2.45) is 0 Å². The molecule has 2 aromatic heterocycles. The molecule has 1 saturated heterocycles. The molecule has 3 heterocycles. The number of rotatable bonds is 2. The fourth-order valence-electron chi connectivity index (χ4n) is 3.15. The Morgan fingerprint density at radius 1 is 1.30 bits per heavy atom. The number of anilines is 1. The lowest BCUT2D eigenvalue weighted by molar-refractivity contribution is 0.0218. The SMILES string of the molecule is C[C@H]1CN(C(=O)OC(C)(C)C)CCN1c1nc(S(C)(=O)=O)nc2c(F)c(Cl)ncc12. The summed E-state index contributed by atoms with van der Waals surface area (Å²) in [6.45, 7) is 8.19. The number of amides is 1. The molecule has 0 N–H and O–H groups in total. The molecule has 9 nitrogen and oxygen atoms in total. The van der Waals surface area contributed by atoms with Crippen LogP contribution in [0.25, 0.3) is 10.9 Å². The number of aromatic nitrogens is 3. The highest BCUT2D eigenvalue weighted by atomic mass is 35.5. The van der Waals surface area contributed by atoms with Gasteiger partial charge in [-0.3, -0.25) is 0 Å². The van der Waals surface area contributed by atoms with Crippen LogP contribution in [0.2, 0.25) is 5.15 Å². The van der Waals surface area contributed by atoms with Crippen molar-refractivity contribution < 1.29 is 22.3 Å². The average molecular weight is 460 g/mol. The number of ether oxygens (including phenoxy) is 1. The first-order chi connectivity index (χ1) is 13.8. The number of fused-ring (bicyclic) bond motifs is 1. The molecule has 0 radical (unpaired) electrons. The van der Waals surface area contributed by atoms with Crippen molar-refractivity contribution in [1.29, 1.82) is 0 Å². The zero-order valence-electron chi connectivity index (χ0n) is 17.3. The first kappa shape index (κ1) is 22.4. The summed E-state index contributed by atoms with van der Waals surface area (Å²) in [7, 11) is -3.81. The van der Waals surface area contributed by atoms with E-state index in [0.717, 1.165) is 6.26 Å². The van der Waals surface area contributed by atoms with Gasteiger partial charge < -0.3 is 14.5 Å². The molecule has 0 bridgehead atoms. The van der Waals surface area contributed by atoms with Gasteiger partial charge in [-0.2, -0.15) is 0 Å². The van der Waals surface area contributed by atoms with E-state index in [1.165, 1.54) is 6.20 Å². The van der Waals surface area contributed by atoms with E-state index >= 15 is 0 Å². The number of hydrogen-bond donors (Lipinski definition) is 0. The lowest BCUT2D eigenvalue weighted by atomic mass is 10.1. The summed E-state index contributed by atoms with van der Waals surface area (Å²) >= 11 is 5.76. The summed E-state index contributed by atoms with van der Waals surface area (Å²) in [5.41, 5.74) is -0.838. The van der Waals surface area contributed by atoms with Crippen molar-refractivity contribution in [1.82, 2.24) is 19.9 Å². The molecule has 1 aliphatic rings. The van der Waals surface area contributed by atoms with Crippen LogP contribution < -0.4 is 4.90 Å². The molecule has 1 aliphatic heterocycles. The number of hydrogen-bond acceptors (Lipinski definition) is 8. The van der Waals surface area contributed by atoms with Crippen molar-refractivity contribution in [3.8, 4) is 0 Å². The number of carbonyl (C=O) groups excluding carboxylic acids is 1. The molecule has 0 unspecified atom stereocenters. The maximum absolute atomic E-state index is 14.6. The van der Waals surface area contributed by atoms with Crippen molar-refractivity contribution in [3.05, 3.63) is 17.2 Å². The monoisotopic (exact) mass is 459 g/mol. The maximum Gasteiger partial charge on any atom is 0.410 e. The smallest absolute Gasteiger partial charge is 0.410 e. The van der Waals surface area contributed by atoms with E-state index in [9.17, 15) is 17.6 Å². The summed E-state index contributed by atoms with van der Waals surface area (Å²) < 4.78 is 44.1. The minimum Gasteiger partial charge on any atom is -0.444 e. The molecule has 2 aromatic rings. The van der Waals surface area contributed by atoms with Crippen LogP contribution in [0.5, 0.6) is 0 Å². The van der Waals surface area contributed by atoms with Gasteiger partial charge in [-0.15, -0.1) is 0 Å². The van der Waals surface area contributed by atoms with Gasteiger partial charge in [0, 0.05) is 38.1 Å². The molecule has 30 heavy (non-hydrogen) atoms. The Morgan fingerprint density at radius 3 is 2.53 bits per heavy atom. The molecular formula is C18H23ClFN5O4S. The Hall–Kier alpha value is -2.27. The fraction of sp³-hybridized carbons (Fsp3) is 0.556. The summed E-state index contributed by atoms with van der Waals surface area (Å²) in [6, 6.07) is -0.254. The number of halogens is 2. The molecule has 0 aromatic carbocycles. The number of sulfone groups is 1. The van der Waals surface area contributed by atoms with Crippen LogP contribution in [0.4, 0.5) is 15.0 Å².